The van der Waals surface area contributed by atoms with E-state index in [2.05, 4.69) is 5.32 Å². The number of nitrogens with zero attached hydrogens (tertiary/aromatic N) is 1. The Hall–Kier alpha value is -2.07. The van der Waals surface area contributed by atoms with Crippen LogP contribution in [0.25, 0.3) is 0 Å². The summed E-state index contributed by atoms with van der Waals surface area (Å²) in [6, 6.07) is 7.57. The van der Waals surface area contributed by atoms with Gasteiger partial charge in [0, 0.05) is 53.0 Å². The second-order valence-electron chi connectivity index (χ2n) is 7.67. The molecule has 3 aliphatic rings. The molecule has 0 radical (unpaired) electrons. The van der Waals surface area contributed by atoms with E-state index < -0.39 is 0 Å². The van der Waals surface area contributed by atoms with Gasteiger partial charge in [-0.25, -0.2) is 0 Å². The van der Waals surface area contributed by atoms with E-state index in [0.717, 1.165) is 61.3 Å². The van der Waals surface area contributed by atoms with Crippen LogP contribution in [0.1, 0.15) is 56.9 Å². The molecule has 142 valence electrons. The van der Waals surface area contributed by atoms with Crippen molar-refractivity contribution in [2.75, 3.05) is 13.1 Å². The zero-order chi connectivity index (χ0) is 19.0. The van der Waals surface area contributed by atoms with Gasteiger partial charge in [0.2, 0.25) is 0 Å². The molecule has 1 aliphatic carbocycles. The average molecular weight is 385 g/mol. The molecular weight excluding hydrogens is 360 g/mol. The van der Waals surface area contributed by atoms with Gasteiger partial charge in [0.15, 0.2) is 5.78 Å². The smallest absolute Gasteiger partial charge is 0.252 e. The standard InChI is InChI=1S/C22H25ClN2O2/c1-14-19(22(27)25-12-3-2-4-13-25)20(15-8-10-16(23)11-9-15)21-17(24-14)6-5-7-18(21)26/h8-11,20,24H,2-7,12-13H2,1H3/t20-/m1/s1. The van der Waals surface area contributed by atoms with Gasteiger partial charge in [0.1, 0.15) is 0 Å². The molecule has 0 unspecified atom stereocenters. The van der Waals surface area contributed by atoms with Crippen LogP contribution in [0.3, 0.4) is 0 Å². The molecule has 1 aromatic rings. The lowest BCUT2D eigenvalue weighted by atomic mass is 9.75. The van der Waals surface area contributed by atoms with Gasteiger partial charge in [-0.15, -0.1) is 0 Å². The van der Waals surface area contributed by atoms with E-state index in [1.807, 2.05) is 36.1 Å². The molecule has 0 spiro atoms. The fraction of sp³-hybridized carbons (Fsp3) is 0.455. The maximum atomic E-state index is 13.5. The number of hydrogen-bond acceptors (Lipinski definition) is 3. The number of Topliss-reactive ketones (excluding diaryl/α,β-unsaturated/α-hetero) is 1. The number of allylic oxidation sites excluding steroid dienone is 3. The maximum absolute atomic E-state index is 13.5. The number of hydrogen-bond donors (Lipinski definition) is 1. The highest BCUT2D eigenvalue weighted by atomic mass is 35.5. The largest absolute Gasteiger partial charge is 0.362 e. The molecule has 1 aromatic carbocycles. The van der Waals surface area contributed by atoms with Gasteiger partial charge in [-0.1, -0.05) is 23.7 Å². The zero-order valence-electron chi connectivity index (χ0n) is 15.7. The summed E-state index contributed by atoms with van der Waals surface area (Å²) in [7, 11) is 0. The normalized spacial score (nSPS) is 23.3. The van der Waals surface area contributed by atoms with Crippen molar-refractivity contribution in [3.8, 4) is 0 Å². The van der Waals surface area contributed by atoms with Crippen molar-refractivity contribution < 1.29 is 9.59 Å². The van der Waals surface area contributed by atoms with Gasteiger partial charge in [-0.2, -0.15) is 0 Å². The number of amides is 1. The summed E-state index contributed by atoms with van der Waals surface area (Å²) in [5, 5.41) is 4.05. The van der Waals surface area contributed by atoms with Crippen molar-refractivity contribution in [2.24, 2.45) is 0 Å². The quantitative estimate of drug-likeness (QED) is 0.826. The predicted octanol–water partition coefficient (Wildman–Crippen LogP) is 4.32. The summed E-state index contributed by atoms with van der Waals surface area (Å²) >= 11 is 6.09. The minimum Gasteiger partial charge on any atom is -0.362 e. The van der Waals surface area contributed by atoms with Crippen LogP contribution in [0.15, 0.2) is 46.8 Å². The van der Waals surface area contributed by atoms with Gasteiger partial charge in [-0.05, 0) is 56.7 Å². The first-order chi connectivity index (χ1) is 13.1. The number of rotatable bonds is 2. The third kappa shape index (κ3) is 3.43. The molecule has 2 aliphatic heterocycles. The Morgan fingerprint density at radius 2 is 1.78 bits per heavy atom. The van der Waals surface area contributed by atoms with Crippen LogP contribution in [-0.4, -0.2) is 29.7 Å². The molecule has 1 fully saturated rings. The molecule has 0 aromatic heterocycles. The molecule has 5 heteroatoms. The Morgan fingerprint density at radius 3 is 2.48 bits per heavy atom. The molecular formula is C22H25ClN2O2. The third-order valence-electron chi connectivity index (χ3n) is 5.85. The summed E-state index contributed by atoms with van der Waals surface area (Å²) in [5.74, 6) is -0.0922. The fourth-order valence-corrected chi connectivity index (χ4v) is 4.65. The Bertz CT molecular complexity index is 832. The predicted molar refractivity (Wildman–Crippen MR) is 106 cm³/mol. The highest BCUT2D eigenvalue weighted by Crippen LogP contribution is 2.43. The molecule has 27 heavy (non-hydrogen) atoms. The number of likely N-dealkylation sites (tertiary alicyclic amines) is 1. The molecule has 0 saturated carbocycles. The fourth-order valence-electron chi connectivity index (χ4n) is 4.52. The highest BCUT2D eigenvalue weighted by molar-refractivity contribution is 6.30. The van der Waals surface area contributed by atoms with E-state index in [-0.39, 0.29) is 17.6 Å². The lowest BCUT2D eigenvalue weighted by molar-refractivity contribution is -0.128. The van der Waals surface area contributed by atoms with Crippen molar-refractivity contribution in [3.05, 3.63) is 57.4 Å². The van der Waals surface area contributed by atoms with Crippen LogP contribution in [0.5, 0.6) is 0 Å². The Labute approximate surface area is 165 Å². The van der Waals surface area contributed by atoms with E-state index in [4.69, 9.17) is 11.6 Å². The van der Waals surface area contributed by atoms with E-state index in [9.17, 15) is 9.59 Å². The monoisotopic (exact) mass is 384 g/mol. The van der Waals surface area contributed by atoms with Gasteiger partial charge >= 0.3 is 0 Å². The van der Waals surface area contributed by atoms with Crippen LogP contribution in [-0.2, 0) is 9.59 Å². The zero-order valence-corrected chi connectivity index (χ0v) is 16.4. The molecule has 1 amide bonds. The van der Waals surface area contributed by atoms with Crippen molar-refractivity contribution in [1.29, 1.82) is 0 Å². The van der Waals surface area contributed by atoms with Gasteiger partial charge < -0.3 is 10.2 Å². The van der Waals surface area contributed by atoms with E-state index >= 15 is 0 Å². The minimum absolute atomic E-state index is 0.0598. The number of carbonyl (C=O) groups is 2. The highest BCUT2D eigenvalue weighted by Gasteiger charge is 2.39. The number of piperidine rings is 1. The first-order valence-electron chi connectivity index (χ1n) is 9.85. The lowest BCUT2D eigenvalue weighted by Gasteiger charge is -2.37. The number of dihydropyridines is 1. The third-order valence-corrected chi connectivity index (χ3v) is 6.10. The molecule has 4 rings (SSSR count). The summed E-state index contributed by atoms with van der Waals surface area (Å²) in [6.45, 7) is 3.55. The first kappa shape index (κ1) is 18.3. The van der Waals surface area contributed by atoms with Crippen LogP contribution in [0.2, 0.25) is 5.02 Å². The summed E-state index contributed by atoms with van der Waals surface area (Å²) < 4.78 is 0. The Kier molecular flexibility index (Phi) is 5.09. The maximum Gasteiger partial charge on any atom is 0.252 e. The molecule has 0 bridgehead atoms. The number of carbonyl (C=O) groups excluding carboxylic acids is 2. The summed E-state index contributed by atoms with van der Waals surface area (Å²) in [6.07, 6.45) is 5.53. The Balaban J connectivity index is 1.80. The molecule has 2 heterocycles. The van der Waals surface area contributed by atoms with Crippen LogP contribution >= 0.6 is 11.6 Å². The molecule has 1 N–H and O–H groups in total. The van der Waals surface area contributed by atoms with E-state index in [0.29, 0.717) is 17.0 Å². The summed E-state index contributed by atoms with van der Waals surface area (Å²) in [5.41, 5.74) is 4.31. The Morgan fingerprint density at radius 1 is 1.07 bits per heavy atom. The molecule has 1 saturated heterocycles. The SMILES string of the molecule is CC1=C(C(=O)N2CCCCC2)[C@@H](c2ccc(Cl)cc2)C2=C(CCCC2=O)N1. The van der Waals surface area contributed by atoms with Crippen molar-refractivity contribution in [2.45, 2.75) is 51.4 Å². The van der Waals surface area contributed by atoms with Gasteiger partial charge in [0.25, 0.3) is 5.91 Å². The van der Waals surface area contributed by atoms with E-state index in [1.54, 1.807) is 0 Å². The van der Waals surface area contributed by atoms with E-state index in [1.165, 1.54) is 6.42 Å². The topological polar surface area (TPSA) is 49.4 Å². The first-order valence-corrected chi connectivity index (χ1v) is 10.2. The van der Waals surface area contributed by atoms with Gasteiger partial charge in [-0.3, -0.25) is 9.59 Å². The average Bonchev–Trinajstić information content (AvgIpc) is 2.68. The van der Waals surface area contributed by atoms with Crippen molar-refractivity contribution >= 4 is 23.3 Å². The number of benzene rings is 1. The van der Waals surface area contributed by atoms with Crippen molar-refractivity contribution in [3.63, 3.8) is 0 Å². The van der Waals surface area contributed by atoms with Crippen LogP contribution < -0.4 is 5.32 Å². The number of halogens is 1. The van der Waals surface area contributed by atoms with Crippen LogP contribution in [0, 0.1) is 0 Å². The number of nitrogens with one attached hydrogen (secondary N) is 1. The second-order valence-corrected chi connectivity index (χ2v) is 8.11. The second kappa shape index (κ2) is 7.51. The number of ketones is 1. The molecule has 4 nitrogen and oxygen atoms in total. The lowest BCUT2D eigenvalue weighted by Crippen LogP contribution is -2.42. The van der Waals surface area contributed by atoms with Crippen molar-refractivity contribution in [1.82, 2.24) is 10.2 Å². The molecule has 1 atom stereocenters. The van der Waals surface area contributed by atoms with Crippen LogP contribution in [0.4, 0.5) is 0 Å². The van der Waals surface area contributed by atoms with Gasteiger partial charge in [0.05, 0.1) is 0 Å². The minimum atomic E-state index is -0.305. The summed E-state index contributed by atoms with van der Waals surface area (Å²) in [4.78, 5) is 28.3.